The molecular weight excluding hydrogens is 128 g/mol. The van der Waals surface area contributed by atoms with Crippen LogP contribution in [0.3, 0.4) is 0 Å². The van der Waals surface area contributed by atoms with Crippen LogP contribution in [0.1, 0.15) is 19.3 Å². The van der Waals surface area contributed by atoms with Gasteiger partial charge < -0.3 is 9.84 Å². The van der Waals surface area contributed by atoms with Crippen LogP contribution in [0.15, 0.2) is 12.7 Å². The number of allylic oxidation sites excluding steroid dienone is 1. The minimum absolute atomic E-state index is 0.143. The molecule has 0 aromatic heterocycles. The van der Waals surface area contributed by atoms with Gasteiger partial charge in [0.25, 0.3) is 0 Å². The highest BCUT2D eigenvalue weighted by atomic mass is 16.6. The van der Waals surface area contributed by atoms with E-state index in [1.807, 2.05) is 6.08 Å². The molecule has 2 heteroatoms. The number of aliphatic hydroxyl groups is 1. The fourth-order valence-corrected chi connectivity index (χ4v) is 1.06. The predicted molar refractivity (Wildman–Crippen MR) is 39.8 cm³/mol. The van der Waals surface area contributed by atoms with Gasteiger partial charge in [0.05, 0.1) is 12.7 Å². The first-order chi connectivity index (χ1) is 4.88. The number of hydrogen-bond donors (Lipinski definition) is 1. The van der Waals surface area contributed by atoms with E-state index in [9.17, 15) is 0 Å². The maximum atomic E-state index is 8.59. The predicted octanol–water partition coefficient (Wildman–Crippen LogP) is 1.10. The quantitative estimate of drug-likeness (QED) is 0.354. The second-order valence-corrected chi connectivity index (χ2v) is 2.62. The number of unbranched alkanes of at least 4 members (excludes halogenated alkanes) is 1. The van der Waals surface area contributed by atoms with Crippen molar-refractivity contribution in [1.82, 2.24) is 0 Å². The lowest BCUT2D eigenvalue weighted by molar-refractivity contribution is 0.241. The Bertz CT molecular complexity index is 112. The summed E-state index contributed by atoms with van der Waals surface area (Å²) in [6.07, 6.45) is 5.64. The third kappa shape index (κ3) is 2.12. The van der Waals surface area contributed by atoms with Gasteiger partial charge in [-0.15, -0.1) is 6.58 Å². The Morgan fingerprint density at radius 2 is 2.30 bits per heavy atom. The van der Waals surface area contributed by atoms with E-state index in [0.717, 1.165) is 19.3 Å². The van der Waals surface area contributed by atoms with Gasteiger partial charge in [-0.1, -0.05) is 6.08 Å². The lowest BCUT2D eigenvalue weighted by Gasteiger charge is -1.90. The first-order valence-corrected chi connectivity index (χ1v) is 3.75. The van der Waals surface area contributed by atoms with Gasteiger partial charge in [-0.2, -0.15) is 0 Å². The molecule has 0 aromatic carbocycles. The molecule has 2 nitrogen and oxygen atoms in total. The Morgan fingerprint density at radius 3 is 2.80 bits per heavy atom. The maximum Gasteiger partial charge on any atom is 0.107 e. The lowest BCUT2D eigenvalue weighted by Crippen LogP contribution is -1.98. The smallest absolute Gasteiger partial charge is 0.107 e. The van der Waals surface area contributed by atoms with Crippen LogP contribution in [0.5, 0.6) is 0 Å². The van der Waals surface area contributed by atoms with Gasteiger partial charge in [0, 0.05) is 0 Å². The molecule has 1 saturated heterocycles. The Kier molecular flexibility index (Phi) is 2.90. The SMILES string of the molecule is C=CCCC[C@H]1O[C@H]1CO. The van der Waals surface area contributed by atoms with Crippen molar-refractivity contribution in [2.75, 3.05) is 6.61 Å². The van der Waals surface area contributed by atoms with Gasteiger partial charge in [-0.25, -0.2) is 0 Å². The fraction of sp³-hybridized carbons (Fsp3) is 0.750. The molecule has 10 heavy (non-hydrogen) atoms. The fourth-order valence-electron chi connectivity index (χ4n) is 1.06. The Labute approximate surface area is 61.5 Å². The summed E-state index contributed by atoms with van der Waals surface area (Å²) in [4.78, 5) is 0. The average Bonchev–Trinajstić information content (AvgIpc) is 2.68. The van der Waals surface area contributed by atoms with Gasteiger partial charge in [0.2, 0.25) is 0 Å². The van der Waals surface area contributed by atoms with Crippen molar-refractivity contribution in [3.05, 3.63) is 12.7 Å². The summed E-state index contributed by atoms with van der Waals surface area (Å²) >= 11 is 0. The van der Waals surface area contributed by atoms with Crippen LogP contribution in [-0.2, 0) is 4.74 Å². The Morgan fingerprint density at radius 1 is 1.50 bits per heavy atom. The standard InChI is InChI=1S/C8H14O2/c1-2-3-4-5-7-8(6-9)10-7/h2,7-9H,1,3-6H2/t7-,8+/m1/s1. The zero-order valence-corrected chi connectivity index (χ0v) is 6.12. The zero-order chi connectivity index (χ0) is 7.40. The highest BCUT2D eigenvalue weighted by Gasteiger charge is 2.36. The monoisotopic (exact) mass is 142 g/mol. The molecule has 0 bridgehead atoms. The molecular formula is C8H14O2. The second-order valence-electron chi connectivity index (χ2n) is 2.62. The molecule has 1 aliphatic heterocycles. The van der Waals surface area contributed by atoms with Gasteiger partial charge >= 0.3 is 0 Å². The number of rotatable bonds is 5. The van der Waals surface area contributed by atoms with E-state index in [-0.39, 0.29) is 12.7 Å². The largest absolute Gasteiger partial charge is 0.394 e. The van der Waals surface area contributed by atoms with Crippen LogP contribution in [0, 0.1) is 0 Å². The molecule has 0 saturated carbocycles. The molecule has 1 heterocycles. The molecule has 0 spiro atoms. The van der Waals surface area contributed by atoms with Gasteiger partial charge in [0.15, 0.2) is 0 Å². The first-order valence-electron chi connectivity index (χ1n) is 3.75. The summed E-state index contributed by atoms with van der Waals surface area (Å²) in [7, 11) is 0. The molecule has 58 valence electrons. The van der Waals surface area contributed by atoms with Crippen LogP contribution in [-0.4, -0.2) is 23.9 Å². The molecule has 1 aliphatic rings. The average molecular weight is 142 g/mol. The Balaban J connectivity index is 1.91. The molecule has 0 aliphatic carbocycles. The molecule has 0 unspecified atom stereocenters. The van der Waals surface area contributed by atoms with E-state index in [2.05, 4.69) is 6.58 Å². The van der Waals surface area contributed by atoms with Crippen molar-refractivity contribution in [2.45, 2.75) is 31.5 Å². The van der Waals surface area contributed by atoms with Crippen molar-refractivity contribution in [1.29, 1.82) is 0 Å². The van der Waals surface area contributed by atoms with Crippen LogP contribution < -0.4 is 0 Å². The maximum absolute atomic E-state index is 8.59. The van der Waals surface area contributed by atoms with Crippen LogP contribution >= 0.6 is 0 Å². The van der Waals surface area contributed by atoms with Crippen molar-refractivity contribution >= 4 is 0 Å². The van der Waals surface area contributed by atoms with E-state index >= 15 is 0 Å². The van der Waals surface area contributed by atoms with E-state index in [4.69, 9.17) is 9.84 Å². The summed E-state index contributed by atoms with van der Waals surface area (Å²) in [5, 5.41) is 8.59. The molecule has 0 radical (unpaired) electrons. The number of epoxide rings is 1. The van der Waals surface area contributed by atoms with E-state index in [1.54, 1.807) is 0 Å². The van der Waals surface area contributed by atoms with E-state index < -0.39 is 0 Å². The van der Waals surface area contributed by atoms with Crippen LogP contribution in [0.4, 0.5) is 0 Å². The van der Waals surface area contributed by atoms with Gasteiger partial charge in [-0.05, 0) is 19.3 Å². The summed E-state index contributed by atoms with van der Waals surface area (Å²) < 4.78 is 5.13. The van der Waals surface area contributed by atoms with E-state index in [1.165, 1.54) is 0 Å². The summed E-state index contributed by atoms with van der Waals surface area (Å²) in [5.74, 6) is 0. The topological polar surface area (TPSA) is 32.8 Å². The minimum Gasteiger partial charge on any atom is -0.394 e. The second kappa shape index (κ2) is 3.74. The summed E-state index contributed by atoms with van der Waals surface area (Å²) in [5.41, 5.74) is 0. The van der Waals surface area contributed by atoms with Crippen molar-refractivity contribution in [3.8, 4) is 0 Å². The molecule has 1 fully saturated rings. The van der Waals surface area contributed by atoms with Gasteiger partial charge in [-0.3, -0.25) is 0 Å². The lowest BCUT2D eigenvalue weighted by atomic mass is 10.1. The number of aliphatic hydroxyl groups excluding tert-OH is 1. The molecule has 1 rings (SSSR count). The summed E-state index contributed by atoms with van der Waals surface area (Å²) in [6, 6.07) is 0. The highest BCUT2D eigenvalue weighted by molar-refractivity contribution is 4.84. The highest BCUT2D eigenvalue weighted by Crippen LogP contribution is 2.26. The zero-order valence-electron chi connectivity index (χ0n) is 6.12. The van der Waals surface area contributed by atoms with E-state index in [0.29, 0.717) is 6.10 Å². The van der Waals surface area contributed by atoms with Crippen LogP contribution in [0.2, 0.25) is 0 Å². The molecule has 0 amide bonds. The normalized spacial score (nSPS) is 30.1. The van der Waals surface area contributed by atoms with Crippen molar-refractivity contribution < 1.29 is 9.84 Å². The molecule has 0 aromatic rings. The molecule has 1 N–H and O–H groups in total. The van der Waals surface area contributed by atoms with Gasteiger partial charge in [0.1, 0.15) is 6.10 Å². The number of ether oxygens (including phenoxy) is 1. The van der Waals surface area contributed by atoms with Crippen molar-refractivity contribution in [2.24, 2.45) is 0 Å². The molecule has 2 atom stereocenters. The third-order valence-corrected chi connectivity index (χ3v) is 1.76. The van der Waals surface area contributed by atoms with Crippen molar-refractivity contribution in [3.63, 3.8) is 0 Å². The number of hydrogen-bond acceptors (Lipinski definition) is 2. The minimum atomic E-state index is 0.143. The third-order valence-electron chi connectivity index (χ3n) is 1.76. The summed E-state index contributed by atoms with van der Waals surface area (Å²) in [6.45, 7) is 3.81. The van der Waals surface area contributed by atoms with Crippen LogP contribution in [0.25, 0.3) is 0 Å². The first kappa shape index (κ1) is 7.76. The Hall–Kier alpha value is -0.340.